The molecule has 0 fully saturated rings. The topological polar surface area (TPSA) is 125 Å². The third-order valence-electron chi connectivity index (χ3n) is 3.91. The number of para-hydroxylation sites is 1. The molecule has 0 radical (unpaired) electrons. The van der Waals surface area contributed by atoms with Gasteiger partial charge in [0.15, 0.2) is 4.90 Å². The number of benzene rings is 3. The predicted molar refractivity (Wildman–Crippen MR) is 102 cm³/mol. The first-order valence-corrected chi connectivity index (χ1v) is 9.57. The van der Waals surface area contributed by atoms with Gasteiger partial charge in [0.2, 0.25) is 10.0 Å². The fourth-order valence-electron chi connectivity index (χ4n) is 2.75. The van der Waals surface area contributed by atoms with E-state index in [1.165, 1.54) is 12.1 Å². The van der Waals surface area contributed by atoms with Gasteiger partial charge in [-0.1, -0.05) is 42.5 Å². The molecule has 0 saturated heterocycles. The van der Waals surface area contributed by atoms with E-state index in [1.54, 1.807) is 0 Å². The number of nitro groups is 1. The number of nitrogens with two attached hydrogens (primary N) is 1. The van der Waals surface area contributed by atoms with Gasteiger partial charge in [0.05, 0.1) is 4.92 Å². The molecule has 0 atom stereocenters. The Labute approximate surface area is 155 Å². The van der Waals surface area contributed by atoms with Crippen molar-refractivity contribution in [3.8, 4) is 5.75 Å². The Morgan fingerprint density at radius 2 is 1.74 bits per heavy atom. The summed E-state index contributed by atoms with van der Waals surface area (Å²) in [6.07, 6.45) is 0. The van der Waals surface area contributed by atoms with E-state index >= 15 is 0 Å². The van der Waals surface area contributed by atoms with Crippen molar-refractivity contribution in [2.45, 2.75) is 4.90 Å². The minimum absolute atomic E-state index is 0.0630. The van der Waals surface area contributed by atoms with E-state index in [1.807, 2.05) is 42.5 Å². The maximum Gasteiger partial charge on any atom is 0.312 e. The number of hydrogen-bond donors (Lipinski definition) is 2. The first-order valence-electron chi connectivity index (χ1n) is 8.02. The lowest BCUT2D eigenvalue weighted by molar-refractivity contribution is -0.386. The lowest BCUT2D eigenvalue weighted by atomic mass is 10.1. The van der Waals surface area contributed by atoms with Gasteiger partial charge in [0, 0.05) is 11.9 Å². The molecule has 0 aliphatic rings. The molecule has 27 heavy (non-hydrogen) atoms. The molecule has 3 aromatic carbocycles. The molecule has 0 bridgehead atoms. The van der Waals surface area contributed by atoms with Gasteiger partial charge < -0.3 is 10.1 Å². The van der Waals surface area contributed by atoms with Crippen LogP contribution in [0.2, 0.25) is 0 Å². The zero-order chi connectivity index (χ0) is 19.4. The molecule has 3 N–H and O–H groups in total. The van der Waals surface area contributed by atoms with Crippen molar-refractivity contribution in [2.24, 2.45) is 5.14 Å². The second kappa shape index (κ2) is 7.60. The van der Waals surface area contributed by atoms with Gasteiger partial charge in [-0.15, -0.1) is 0 Å². The average Bonchev–Trinajstić information content (AvgIpc) is 2.64. The van der Waals surface area contributed by atoms with E-state index in [4.69, 9.17) is 9.88 Å². The van der Waals surface area contributed by atoms with Crippen LogP contribution >= 0.6 is 0 Å². The molecule has 0 aliphatic carbocycles. The number of anilines is 1. The van der Waals surface area contributed by atoms with E-state index < -0.39 is 25.5 Å². The summed E-state index contributed by atoms with van der Waals surface area (Å²) in [5.74, 6) is 0.697. The molecule has 8 nitrogen and oxygen atoms in total. The van der Waals surface area contributed by atoms with Gasteiger partial charge in [-0.2, -0.15) is 0 Å². The van der Waals surface area contributed by atoms with Crippen LogP contribution in [0.5, 0.6) is 5.75 Å². The Morgan fingerprint density at radius 3 is 2.48 bits per heavy atom. The SMILES string of the molecule is NS(=O)(=O)c1cccc(NCCOc2cccc3ccccc23)c1[N+](=O)[O-]. The van der Waals surface area contributed by atoms with Crippen LogP contribution in [-0.2, 0) is 10.0 Å². The van der Waals surface area contributed by atoms with E-state index in [-0.39, 0.29) is 18.8 Å². The molecule has 3 rings (SSSR count). The fraction of sp³-hybridized carbons (Fsp3) is 0.111. The maximum absolute atomic E-state index is 11.6. The molecule has 0 amide bonds. The highest BCUT2D eigenvalue weighted by Gasteiger charge is 2.26. The Kier molecular flexibility index (Phi) is 5.24. The number of nitro benzene ring substituents is 1. The number of nitrogens with one attached hydrogen (secondary N) is 1. The highest BCUT2D eigenvalue weighted by atomic mass is 32.2. The fourth-order valence-corrected chi connectivity index (χ4v) is 3.47. The summed E-state index contributed by atoms with van der Waals surface area (Å²) >= 11 is 0. The normalized spacial score (nSPS) is 11.3. The molecule has 0 spiro atoms. The Morgan fingerprint density at radius 1 is 1.04 bits per heavy atom. The lowest BCUT2D eigenvalue weighted by Crippen LogP contribution is -2.17. The average molecular weight is 387 g/mol. The zero-order valence-corrected chi connectivity index (χ0v) is 15.0. The van der Waals surface area contributed by atoms with Gasteiger partial charge in [-0.3, -0.25) is 10.1 Å². The van der Waals surface area contributed by atoms with Crippen molar-refractivity contribution in [2.75, 3.05) is 18.5 Å². The van der Waals surface area contributed by atoms with Crippen molar-refractivity contribution < 1.29 is 18.1 Å². The van der Waals surface area contributed by atoms with Gasteiger partial charge in [0.1, 0.15) is 18.0 Å². The summed E-state index contributed by atoms with van der Waals surface area (Å²) in [5.41, 5.74) is -0.516. The first-order chi connectivity index (χ1) is 12.9. The summed E-state index contributed by atoms with van der Waals surface area (Å²) in [5, 5.41) is 21.2. The molecule has 0 heterocycles. The molecule has 0 unspecified atom stereocenters. The van der Waals surface area contributed by atoms with E-state index in [0.717, 1.165) is 16.8 Å². The highest BCUT2D eigenvalue weighted by molar-refractivity contribution is 7.89. The van der Waals surface area contributed by atoms with Gasteiger partial charge in [0.25, 0.3) is 0 Å². The predicted octanol–water partition coefficient (Wildman–Crippen LogP) is 2.89. The minimum atomic E-state index is -4.21. The van der Waals surface area contributed by atoms with Crippen LogP contribution in [0.1, 0.15) is 0 Å². The lowest BCUT2D eigenvalue weighted by Gasteiger charge is -2.12. The van der Waals surface area contributed by atoms with Crippen LogP contribution in [0.15, 0.2) is 65.6 Å². The monoisotopic (exact) mass is 387 g/mol. The summed E-state index contributed by atoms with van der Waals surface area (Å²) in [6, 6.07) is 17.4. The van der Waals surface area contributed by atoms with Crippen LogP contribution in [0.4, 0.5) is 11.4 Å². The molecule has 0 aromatic heterocycles. The third-order valence-corrected chi connectivity index (χ3v) is 4.86. The van der Waals surface area contributed by atoms with Crippen LogP contribution in [-0.4, -0.2) is 26.5 Å². The molecule has 140 valence electrons. The van der Waals surface area contributed by atoms with E-state index in [2.05, 4.69) is 5.32 Å². The van der Waals surface area contributed by atoms with Gasteiger partial charge >= 0.3 is 5.69 Å². The highest BCUT2D eigenvalue weighted by Crippen LogP contribution is 2.31. The van der Waals surface area contributed by atoms with Crippen LogP contribution < -0.4 is 15.2 Å². The quantitative estimate of drug-likeness (QED) is 0.365. The van der Waals surface area contributed by atoms with Crippen LogP contribution in [0.3, 0.4) is 0 Å². The Balaban J connectivity index is 1.73. The molecule has 0 aliphatic heterocycles. The van der Waals surface area contributed by atoms with Crippen molar-refractivity contribution in [3.63, 3.8) is 0 Å². The summed E-state index contributed by atoms with van der Waals surface area (Å²) in [7, 11) is -4.21. The molecular formula is C18H17N3O5S. The van der Waals surface area contributed by atoms with E-state index in [9.17, 15) is 18.5 Å². The van der Waals surface area contributed by atoms with Crippen LogP contribution in [0, 0.1) is 10.1 Å². The molecule has 0 saturated carbocycles. The molecular weight excluding hydrogens is 370 g/mol. The number of nitrogens with zero attached hydrogens (tertiary/aromatic N) is 1. The summed E-state index contributed by atoms with van der Waals surface area (Å²) in [4.78, 5) is 10.00. The summed E-state index contributed by atoms with van der Waals surface area (Å²) < 4.78 is 28.9. The molecule has 9 heteroatoms. The second-order valence-electron chi connectivity index (χ2n) is 5.71. The number of hydrogen-bond acceptors (Lipinski definition) is 6. The van der Waals surface area contributed by atoms with Gasteiger partial charge in [-0.05, 0) is 23.6 Å². The third kappa shape index (κ3) is 4.15. The van der Waals surface area contributed by atoms with Crippen molar-refractivity contribution >= 4 is 32.2 Å². The molecule has 3 aromatic rings. The standard InChI is InChI=1S/C18H17N3O5S/c19-27(24,25)17-10-4-8-15(18(17)21(22)23)20-11-12-26-16-9-3-6-13-5-1-2-7-14(13)16/h1-10,20H,11-12H2,(H2,19,24,25). The maximum atomic E-state index is 11.6. The van der Waals surface area contributed by atoms with Crippen LogP contribution in [0.25, 0.3) is 10.8 Å². The Hall–Kier alpha value is -3.17. The first kappa shape index (κ1) is 18.6. The van der Waals surface area contributed by atoms with Crippen molar-refractivity contribution in [1.29, 1.82) is 0 Å². The number of sulfonamides is 1. The van der Waals surface area contributed by atoms with Crippen molar-refractivity contribution in [1.82, 2.24) is 0 Å². The minimum Gasteiger partial charge on any atom is -0.491 e. The number of fused-ring (bicyclic) bond motifs is 1. The number of primary sulfonamides is 1. The largest absolute Gasteiger partial charge is 0.491 e. The number of ether oxygens (including phenoxy) is 1. The van der Waals surface area contributed by atoms with E-state index in [0.29, 0.717) is 5.75 Å². The smallest absolute Gasteiger partial charge is 0.312 e. The summed E-state index contributed by atoms with van der Waals surface area (Å²) in [6.45, 7) is 0.461. The second-order valence-corrected chi connectivity index (χ2v) is 7.24. The van der Waals surface area contributed by atoms with Crippen molar-refractivity contribution in [3.05, 3.63) is 70.8 Å². The zero-order valence-electron chi connectivity index (χ0n) is 14.2. The Bertz CT molecular complexity index is 1090. The van der Waals surface area contributed by atoms with Gasteiger partial charge in [-0.25, -0.2) is 13.6 Å². The number of rotatable bonds is 7.